The van der Waals surface area contributed by atoms with Crippen molar-refractivity contribution in [2.45, 2.75) is 13.0 Å². The summed E-state index contributed by atoms with van der Waals surface area (Å²) in [6.45, 7) is 2.28. The third-order valence-corrected chi connectivity index (χ3v) is 5.56. The van der Waals surface area contributed by atoms with Gasteiger partial charge >= 0.3 is 0 Å². The number of nitrogens with zero attached hydrogens (tertiary/aromatic N) is 1. The molecule has 1 aliphatic rings. The highest BCUT2D eigenvalue weighted by molar-refractivity contribution is 7.92. The molecule has 0 spiro atoms. The summed E-state index contributed by atoms with van der Waals surface area (Å²) in [7, 11) is -3.55. The minimum absolute atomic E-state index is 0.0842. The van der Waals surface area contributed by atoms with Crippen molar-refractivity contribution in [3.63, 3.8) is 0 Å². The van der Waals surface area contributed by atoms with Crippen molar-refractivity contribution in [2.24, 2.45) is 0 Å². The highest BCUT2D eigenvalue weighted by atomic mass is 35.5. The molecule has 0 aromatic heterocycles. The van der Waals surface area contributed by atoms with E-state index in [1.165, 1.54) is 4.31 Å². The van der Waals surface area contributed by atoms with Crippen LogP contribution in [0.25, 0.3) is 0 Å². The van der Waals surface area contributed by atoms with Crippen molar-refractivity contribution in [3.8, 4) is 11.5 Å². The van der Waals surface area contributed by atoms with E-state index >= 15 is 0 Å². The molecule has 2 aromatic rings. The van der Waals surface area contributed by atoms with E-state index in [9.17, 15) is 13.2 Å². The topological polar surface area (TPSA) is 84.9 Å². The first-order chi connectivity index (χ1) is 13.2. The molecular weight excluding hydrogens is 404 g/mol. The fourth-order valence-corrected chi connectivity index (χ4v) is 3.83. The van der Waals surface area contributed by atoms with Crippen molar-refractivity contribution in [1.82, 2.24) is 5.32 Å². The number of hydrogen-bond donors (Lipinski definition) is 1. The third-order valence-electron chi connectivity index (χ3n) is 4.16. The number of amides is 1. The van der Waals surface area contributed by atoms with Gasteiger partial charge in [0.2, 0.25) is 10.0 Å². The van der Waals surface area contributed by atoms with Crippen LogP contribution in [0.1, 0.15) is 5.56 Å². The molecule has 7 nitrogen and oxygen atoms in total. The maximum Gasteiger partial charge on any atom is 0.263 e. The lowest BCUT2D eigenvalue weighted by Gasteiger charge is -2.34. The molecule has 0 bridgehead atoms. The Labute approximate surface area is 169 Å². The molecule has 1 amide bonds. The quantitative estimate of drug-likeness (QED) is 0.719. The summed E-state index contributed by atoms with van der Waals surface area (Å²) in [5, 5.41) is 3.32. The fraction of sp³-hybridized carbons (Fsp3) is 0.316. The maximum atomic E-state index is 12.5. The molecule has 9 heteroatoms. The average Bonchev–Trinajstić information content (AvgIpc) is 2.64. The van der Waals surface area contributed by atoms with E-state index in [-0.39, 0.29) is 19.7 Å². The highest BCUT2D eigenvalue weighted by Gasteiger charge is 2.34. The first kappa shape index (κ1) is 20.3. The van der Waals surface area contributed by atoms with E-state index in [1.54, 1.807) is 42.5 Å². The van der Waals surface area contributed by atoms with Crippen LogP contribution in [0.3, 0.4) is 0 Å². The van der Waals surface area contributed by atoms with Gasteiger partial charge in [-0.05, 0) is 48.9 Å². The third kappa shape index (κ3) is 4.88. The second kappa shape index (κ2) is 8.28. The highest BCUT2D eigenvalue weighted by Crippen LogP contribution is 2.35. The molecule has 3 rings (SSSR count). The van der Waals surface area contributed by atoms with Gasteiger partial charge in [-0.1, -0.05) is 17.7 Å². The number of halogens is 1. The van der Waals surface area contributed by atoms with Gasteiger partial charge in [-0.2, -0.15) is 0 Å². The minimum Gasteiger partial charge on any atom is -0.492 e. The van der Waals surface area contributed by atoms with Crippen LogP contribution in [0.2, 0.25) is 5.02 Å². The van der Waals surface area contributed by atoms with Crippen molar-refractivity contribution in [2.75, 3.05) is 30.3 Å². The molecule has 1 aliphatic heterocycles. The van der Waals surface area contributed by atoms with Gasteiger partial charge in [0, 0.05) is 5.02 Å². The Morgan fingerprint density at radius 1 is 1.29 bits per heavy atom. The Kier molecular flexibility index (Phi) is 6.00. The standard InChI is InChI=1S/C19H21ClN2O5S/c1-13-3-8-17-16(11-13)22(28(2,24)25)12-18(27-17)19(23)21-9-10-26-15-6-4-14(20)5-7-15/h3-8,11,18H,9-10,12H2,1-2H3,(H,21,23). The number of carbonyl (C=O) groups excluding carboxylic acids is 1. The Hall–Kier alpha value is -2.45. The van der Waals surface area contributed by atoms with E-state index in [4.69, 9.17) is 21.1 Å². The number of carbonyl (C=O) groups is 1. The molecule has 1 N–H and O–H groups in total. The summed E-state index contributed by atoms with van der Waals surface area (Å²) in [6.07, 6.45) is 0.166. The van der Waals surface area contributed by atoms with Crippen molar-refractivity contribution in [1.29, 1.82) is 0 Å². The first-order valence-electron chi connectivity index (χ1n) is 8.65. The van der Waals surface area contributed by atoms with Gasteiger partial charge < -0.3 is 14.8 Å². The van der Waals surface area contributed by atoms with E-state index in [0.717, 1.165) is 11.8 Å². The molecule has 1 atom stereocenters. The molecule has 0 saturated heterocycles. The summed E-state index contributed by atoms with van der Waals surface area (Å²) in [4.78, 5) is 12.5. The molecule has 0 saturated carbocycles. The molecule has 0 aliphatic carbocycles. The van der Waals surface area contributed by atoms with Crippen LogP contribution in [-0.2, 0) is 14.8 Å². The monoisotopic (exact) mass is 424 g/mol. The van der Waals surface area contributed by atoms with Crippen LogP contribution in [0.5, 0.6) is 11.5 Å². The second-order valence-electron chi connectivity index (χ2n) is 6.47. The number of rotatable bonds is 6. The molecule has 0 fully saturated rings. The SMILES string of the molecule is Cc1ccc2c(c1)N(S(C)(=O)=O)CC(C(=O)NCCOc1ccc(Cl)cc1)O2. The molecular formula is C19H21ClN2O5S. The van der Waals surface area contributed by atoms with Gasteiger partial charge in [-0.25, -0.2) is 8.42 Å². The number of nitrogens with one attached hydrogen (secondary N) is 1. The predicted molar refractivity (Wildman–Crippen MR) is 108 cm³/mol. The zero-order valence-corrected chi connectivity index (χ0v) is 17.1. The van der Waals surface area contributed by atoms with Crippen molar-refractivity contribution < 1.29 is 22.7 Å². The van der Waals surface area contributed by atoms with Crippen LogP contribution in [0.4, 0.5) is 5.69 Å². The Morgan fingerprint density at radius 2 is 2.00 bits per heavy atom. The van der Waals surface area contributed by atoms with Crippen LogP contribution < -0.4 is 19.1 Å². The molecule has 28 heavy (non-hydrogen) atoms. The lowest BCUT2D eigenvalue weighted by atomic mass is 10.1. The normalized spacial score (nSPS) is 16.1. The number of benzene rings is 2. The van der Waals surface area contributed by atoms with E-state index < -0.39 is 22.0 Å². The second-order valence-corrected chi connectivity index (χ2v) is 8.81. The maximum absolute atomic E-state index is 12.5. The number of fused-ring (bicyclic) bond motifs is 1. The number of hydrogen-bond acceptors (Lipinski definition) is 5. The van der Waals surface area contributed by atoms with Gasteiger partial charge in [-0.15, -0.1) is 0 Å². The molecule has 150 valence electrons. The Morgan fingerprint density at radius 3 is 2.68 bits per heavy atom. The number of sulfonamides is 1. The molecule has 1 unspecified atom stereocenters. The predicted octanol–water partition coefficient (Wildman–Crippen LogP) is 2.37. The van der Waals surface area contributed by atoms with Gasteiger partial charge in [-0.3, -0.25) is 9.10 Å². The molecule has 0 radical (unpaired) electrons. The van der Waals surface area contributed by atoms with E-state index in [2.05, 4.69) is 5.32 Å². The lowest BCUT2D eigenvalue weighted by Crippen LogP contribution is -2.51. The molecule has 2 aromatic carbocycles. The minimum atomic E-state index is -3.55. The van der Waals surface area contributed by atoms with Gasteiger partial charge in [0.1, 0.15) is 18.1 Å². The summed E-state index contributed by atoms with van der Waals surface area (Å²) in [5.41, 5.74) is 1.34. The zero-order valence-electron chi connectivity index (χ0n) is 15.5. The molecule has 1 heterocycles. The lowest BCUT2D eigenvalue weighted by molar-refractivity contribution is -0.127. The summed E-state index contributed by atoms with van der Waals surface area (Å²) in [6, 6.07) is 12.1. The van der Waals surface area contributed by atoms with E-state index in [0.29, 0.717) is 22.2 Å². The smallest absolute Gasteiger partial charge is 0.263 e. The zero-order chi connectivity index (χ0) is 20.3. The van der Waals surface area contributed by atoms with E-state index in [1.807, 2.05) is 6.92 Å². The number of ether oxygens (including phenoxy) is 2. The number of anilines is 1. The summed E-state index contributed by atoms with van der Waals surface area (Å²) < 4.78 is 36.8. The van der Waals surface area contributed by atoms with Gasteiger partial charge in [0.25, 0.3) is 5.91 Å². The van der Waals surface area contributed by atoms with Crippen LogP contribution in [0.15, 0.2) is 42.5 Å². The van der Waals surface area contributed by atoms with Gasteiger partial charge in [0.15, 0.2) is 6.10 Å². The van der Waals surface area contributed by atoms with Crippen LogP contribution in [0, 0.1) is 6.92 Å². The van der Waals surface area contributed by atoms with Crippen LogP contribution >= 0.6 is 11.6 Å². The number of aryl methyl sites for hydroxylation is 1. The fourth-order valence-electron chi connectivity index (χ4n) is 2.80. The summed E-state index contributed by atoms with van der Waals surface area (Å²) in [5.74, 6) is 0.597. The average molecular weight is 425 g/mol. The van der Waals surface area contributed by atoms with Crippen molar-refractivity contribution >= 4 is 33.2 Å². The summed E-state index contributed by atoms with van der Waals surface area (Å²) >= 11 is 5.82. The van der Waals surface area contributed by atoms with Gasteiger partial charge in [0.05, 0.1) is 25.0 Å². The first-order valence-corrected chi connectivity index (χ1v) is 10.9. The largest absolute Gasteiger partial charge is 0.492 e. The Bertz CT molecular complexity index is 963. The van der Waals surface area contributed by atoms with Crippen molar-refractivity contribution in [3.05, 3.63) is 53.1 Å². The van der Waals surface area contributed by atoms with Crippen LogP contribution in [-0.4, -0.2) is 46.4 Å². The Balaban J connectivity index is 1.61.